The number of halogens is 1. The number of ether oxygens (including phenoxy) is 1. The van der Waals surface area contributed by atoms with E-state index in [0.29, 0.717) is 11.3 Å². The maximum atomic E-state index is 11.1. The number of benzene rings is 1. The van der Waals surface area contributed by atoms with Gasteiger partial charge < -0.3 is 4.74 Å². The van der Waals surface area contributed by atoms with Crippen LogP contribution in [0.2, 0.25) is 0 Å². The van der Waals surface area contributed by atoms with Gasteiger partial charge in [-0.2, -0.15) is 11.8 Å². The normalized spacial score (nSPS) is 20.4. The first-order valence-corrected chi connectivity index (χ1v) is 8.92. The molecule has 17 heavy (non-hydrogen) atoms. The molecule has 0 aliphatic carbocycles. The highest BCUT2D eigenvalue weighted by Crippen LogP contribution is 2.27. The summed E-state index contributed by atoms with van der Waals surface area (Å²) >= 11 is 1.85. The minimum atomic E-state index is -3.55. The Balaban J connectivity index is 2.15. The van der Waals surface area contributed by atoms with Crippen molar-refractivity contribution in [2.45, 2.75) is 18.3 Å². The molecule has 0 saturated carbocycles. The predicted molar refractivity (Wildman–Crippen MR) is 71.3 cm³/mol. The number of hydrogen-bond donors (Lipinski definition) is 0. The lowest BCUT2D eigenvalue weighted by Crippen LogP contribution is -2.16. The molecule has 1 aliphatic heterocycles. The maximum absolute atomic E-state index is 11.1. The van der Waals surface area contributed by atoms with Gasteiger partial charge in [0.1, 0.15) is 11.9 Å². The van der Waals surface area contributed by atoms with Crippen LogP contribution in [-0.4, -0.2) is 26.0 Å². The van der Waals surface area contributed by atoms with Crippen molar-refractivity contribution in [3.05, 3.63) is 29.8 Å². The SMILES string of the molecule is O=S(=O)(Cl)Cc1ccccc1OC1CCSC1. The van der Waals surface area contributed by atoms with Gasteiger partial charge in [0.25, 0.3) is 0 Å². The lowest BCUT2D eigenvalue weighted by Gasteiger charge is -2.15. The van der Waals surface area contributed by atoms with Crippen molar-refractivity contribution >= 4 is 31.5 Å². The fraction of sp³-hybridized carbons (Fsp3) is 0.455. The Morgan fingerprint density at radius 3 is 2.82 bits per heavy atom. The zero-order valence-electron chi connectivity index (χ0n) is 9.13. The van der Waals surface area contributed by atoms with Gasteiger partial charge in [0.2, 0.25) is 9.05 Å². The van der Waals surface area contributed by atoms with Crippen LogP contribution in [0.5, 0.6) is 5.75 Å². The van der Waals surface area contributed by atoms with Gasteiger partial charge in [-0.05, 0) is 18.2 Å². The van der Waals surface area contributed by atoms with Crippen molar-refractivity contribution < 1.29 is 13.2 Å². The number of para-hydroxylation sites is 1. The Morgan fingerprint density at radius 1 is 1.41 bits per heavy atom. The molecule has 94 valence electrons. The first kappa shape index (κ1) is 13.1. The van der Waals surface area contributed by atoms with Gasteiger partial charge in [-0.15, -0.1) is 0 Å². The standard InChI is InChI=1S/C11H13ClO3S2/c12-17(13,14)8-9-3-1-2-4-11(9)15-10-5-6-16-7-10/h1-4,10H,5-8H2. The van der Waals surface area contributed by atoms with E-state index in [9.17, 15) is 8.42 Å². The molecule has 0 bridgehead atoms. The van der Waals surface area contributed by atoms with Gasteiger partial charge in [0.05, 0.1) is 5.75 Å². The highest BCUT2D eigenvalue weighted by Gasteiger charge is 2.19. The molecule has 6 heteroatoms. The van der Waals surface area contributed by atoms with Crippen LogP contribution in [-0.2, 0) is 14.8 Å². The molecule has 1 aliphatic rings. The summed E-state index contributed by atoms with van der Waals surface area (Å²) in [6.07, 6.45) is 1.19. The van der Waals surface area contributed by atoms with Gasteiger partial charge in [0.15, 0.2) is 0 Å². The van der Waals surface area contributed by atoms with Crippen LogP contribution >= 0.6 is 22.4 Å². The first-order valence-electron chi connectivity index (χ1n) is 5.29. The van der Waals surface area contributed by atoms with Gasteiger partial charge >= 0.3 is 0 Å². The topological polar surface area (TPSA) is 43.4 Å². The Labute approximate surface area is 110 Å². The summed E-state index contributed by atoms with van der Waals surface area (Å²) in [5.41, 5.74) is 0.624. The zero-order valence-corrected chi connectivity index (χ0v) is 11.5. The van der Waals surface area contributed by atoms with E-state index in [1.165, 1.54) is 0 Å². The van der Waals surface area contributed by atoms with E-state index in [0.717, 1.165) is 17.9 Å². The second kappa shape index (κ2) is 5.50. The Hall–Kier alpha value is -0.390. The molecule has 1 atom stereocenters. The molecule has 1 heterocycles. The van der Waals surface area contributed by atoms with Crippen LogP contribution in [0.15, 0.2) is 24.3 Å². The molecular weight excluding hydrogens is 280 g/mol. The van der Waals surface area contributed by atoms with Crippen molar-refractivity contribution in [3.8, 4) is 5.75 Å². The average molecular weight is 293 g/mol. The quantitative estimate of drug-likeness (QED) is 0.800. The fourth-order valence-electron chi connectivity index (χ4n) is 1.71. The molecule has 2 rings (SSSR count). The molecular formula is C11H13ClO3S2. The zero-order chi connectivity index (χ0) is 12.3. The van der Waals surface area contributed by atoms with Crippen LogP contribution < -0.4 is 4.74 Å². The van der Waals surface area contributed by atoms with Crippen LogP contribution in [0.4, 0.5) is 0 Å². The van der Waals surface area contributed by atoms with Gasteiger partial charge in [0, 0.05) is 22.0 Å². The van der Waals surface area contributed by atoms with Crippen molar-refractivity contribution in [1.29, 1.82) is 0 Å². The van der Waals surface area contributed by atoms with E-state index in [2.05, 4.69) is 0 Å². The van der Waals surface area contributed by atoms with Gasteiger partial charge in [-0.25, -0.2) is 8.42 Å². The smallest absolute Gasteiger partial charge is 0.236 e. The molecule has 1 fully saturated rings. The van der Waals surface area contributed by atoms with E-state index in [-0.39, 0.29) is 11.9 Å². The third kappa shape index (κ3) is 4.08. The minimum absolute atomic E-state index is 0.180. The maximum Gasteiger partial charge on any atom is 0.236 e. The largest absolute Gasteiger partial charge is 0.489 e. The molecule has 3 nitrogen and oxygen atoms in total. The summed E-state index contributed by atoms with van der Waals surface area (Å²) < 4.78 is 28.0. The number of rotatable bonds is 4. The minimum Gasteiger partial charge on any atom is -0.489 e. The summed E-state index contributed by atoms with van der Waals surface area (Å²) in [5.74, 6) is 2.50. The molecule has 1 aromatic rings. The lowest BCUT2D eigenvalue weighted by molar-refractivity contribution is 0.227. The van der Waals surface area contributed by atoms with Gasteiger partial charge in [-0.3, -0.25) is 0 Å². The van der Waals surface area contributed by atoms with Crippen LogP contribution in [0.3, 0.4) is 0 Å². The fourth-order valence-corrected chi connectivity index (χ4v) is 3.77. The lowest BCUT2D eigenvalue weighted by atomic mass is 10.2. The molecule has 0 amide bonds. The summed E-state index contributed by atoms with van der Waals surface area (Å²) in [7, 11) is 1.72. The summed E-state index contributed by atoms with van der Waals surface area (Å²) in [5, 5.41) is 0. The average Bonchev–Trinajstić information content (AvgIpc) is 2.71. The van der Waals surface area contributed by atoms with E-state index in [1.54, 1.807) is 18.2 Å². The van der Waals surface area contributed by atoms with Crippen molar-refractivity contribution in [3.63, 3.8) is 0 Å². The molecule has 0 aromatic heterocycles. The third-order valence-electron chi connectivity index (χ3n) is 2.48. The van der Waals surface area contributed by atoms with E-state index in [1.807, 2.05) is 17.8 Å². The highest BCUT2D eigenvalue weighted by molar-refractivity contribution is 8.13. The second-order valence-corrected chi connectivity index (χ2v) is 7.82. The molecule has 1 saturated heterocycles. The third-order valence-corrected chi connectivity index (χ3v) is 4.60. The first-order chi connectivity index (χ1) is 8.04. The highest BCUT2D eigenvalue weighted by atomic mass is 35.7. The van der Waals surface area contributed by atoms with E-state index < -0.39 is 9.05 Å². The molecule has 1 aromatic carbocycles. The molecule has 0 N–H and O–H groups in total. The molecule has 1 unspecified atom stereocenters. The van der Waals surface area contributed by atoms with Crippen molar-refractivity contribution in [2.24, 2.45) is 0 Å². The summed E-state index contributed by atoms with van der Waals surface area (Å²) in [6, 6.07) is 7.15. The van der Waals surface area contributed by atoms with Gasteiger partial charge in [-0.1, -0.05) is 18.2 Å². The van der Waals surface area contributed by atoms with E-state index in [4.69, 9.17) is 15.4 Å². The van der Waals surface area contributed by atoms with Crippen LogP contribution in [0.1, 0.15) is 12.0 Å². The Kier molecular flexibility index (Phi) is 4.22. The summed E-state index contributed by atoms with van der Waals surface area (Å²) in [4.78, 5) is 0. The van der Waals surface area contributed by atoms with Crippen molar-refractivity contribution in [1.82, 2.24) is 0 Å². The van der Waals surface area contributed by atoms with Crippen LogP contribution in [0, 0.1) is 0 Å². The number of thioether (sulfide) groups is 1. The Morgan fingerprint density at radius 2 is 2.18 bits per heavy atom. The molecule has 0 radical (unpaired) electrons. The van der Waals surface area contributed by atoms with Crippen LogP contribution in [0.25, 0.3) is 0 Å². The monoisotopic (exact) mass is 292 g/mol. The van der Waals surface area contributed by atoms with Crippen molar-refractivity contribution in [2.75, 3.05) is 11.5 Å². The molecule has 0 spiro atoms. The number of hydrogen-bond acceptors (Lipinski definition) is 4. The Bertz CT molecular complexity index is 481. The summed E-state index contributed by atoms with van der Waals surface area (Å²) in [6.45, 7) is 0. The van der Waals surface area contributed by atoms with E-state index >= 15 is 0 Å². The second-order valence-electron chi connectivity index (χ2n) is 3.89. The predicted octanol–water partition coefficient (Wildman–Crippen LogP) is 2.64.